The van der Waals surface area contributed by atoms with Gasteiger partial charge in [-0.1, -0.05) is 32.9 Å². The topological polar surface area (TPSA) is 29.1 Å². The Morgan fingerprint density at radius 2 is 2.12 bits per heavy atom. The van der Waals surface area contributed by atoms with Crippen molar-refractivity contribution in [3.63, 3.8) is 0 Å². The lowest BCUT2D eigenvalue weighted by molar-refractivity contribution is -0.115. The monoisotopic (exact) mass is 251 g/mol. The van der Waals surface area contributed by atoms with Gasteiger partial charge in [0.05, 0.1) is 11.8 Å². The number of halogens is 1. The van der Waals surface area contributed by atoms with Crippen LogP contribution in [0.3, 0.4) is 0 Å². The lowest BCUT2D eigenvalue weighted by Crippen LogP contribution is -2.08. The quantitative estimate of drug-likeness (QED) is 0.794. The van der Waals surface area contributed by atoms with E-state index >= 15 is 0 Å². The number of rotatable bonds is 2. The van der Waals surface area contributed by atoms with Gasteiger partial charge in [-0.25, -0.2) is 0 Å². The zero-order valence-corrected chi connectivity index (χ0v) is 11.3. The maximum atomic E-state index is 11.3. The molecule has 1 aliphatic rings. The Hall–Kier alpha value is -1.02. The molecule has 0 aromatic heterocycles. The molecule has 1 aliphatic heterocycles. The van der Waals surface area contributed by atoms with Crippen LogP contribution in [0.25, 0.3) is 0 Å². The third-order valence-corrected chi connectivity index (χ3v) is 3.31. The van der Waals surface area contributed by atoms with Crippen LogP contribution in [0.2, 0.25) is 0 Å². The molecule has 1 unspecified atom stereocenters. The molecule has 1 amide bonds. The summed E-state index contributed by atoms with van der Waals surface area (Å²) in [6.07, 6.45) is 1.40. The smallest absolute Gasteiger partial charge is 0.228 e. The number of carbonyl (C=O) groups is 1. The SMILES string of the molecule is CC(C)(C)CC(Cl)c1ccc2c(c1)CC(=O)N2. The second-order valence-corrected chi connectivity index (χ2v) is 6.40. The summed E-state index contributed by atoms with van der Waals surface area (Å²) >= 11 is 6.42. The lowest BCUT2D eigenvalue weighted by Gasteiger charge is -2.22. The Bertz CT molecular complexity index is 448. The van der Waals surface area contributed by atoms with E-state index in [1.807, 2.05) is 12.1 Å². The van der Waals surface area contributed by atoms with E-state index in [2.05, 4.69) is 32.2 Å². The molecule has 0 aliphatic carbocycles. The standard InChI is InChI=1S/C14H18ClNO/c1-14(2,3)8-11(15)9-4-5-12-10(6-9)7-13(17)16-12/h4-6,11H,7-8H2,1-3H3,(H,16,17). The molecule has 0 radical (unpaired) electrons. The van der Waals surface area contributed by atoms with E-state index in [1.54, 1.807) is 0 Å². The average Bonchev–Trinajstić information content (AvgIpc) is 2.53. The summed E-state index contributed by atoms with van der Waals surface area (Å²) in [6, 6.07) is 6.01. The summed E-state index contributed by atoms with van der Waals surface area (Å²) in [5.41, 5.74) is 3.31. The van der Waals surface area contributed by atoms with E-state index in [9.17, 15) is 4.79 Å². The maximum absolute atomic E-state index is 11.3. The molecule has 2 rings (SSSR count). The molecule has 17 heavy (non-hydrogen) atoms. The van der Waals surface area contributed by atoms with Gasteiger partial charge in [0.25, 0.3) is 0 Å². The van der Waals surface area contributed by atoms with Crippen LogP contribution in [-0.4, -0.2) is 5.91 Å². The van der Waals surface area contributed by atoms with Crippen molar-refractivity contribution in [2.24, 2.45) is 5.41 Å². The molecular formula is C14H18ClNO. The van der Waals surface area contributed by atoms with Gasteiger partial charge < -0.3 is 5.32 Å². The van der Waals surface area contributed by atoms with E-state index in [0.29, 0.717) is 6.42 Å². The van der Waals surface area contributed by atoms with Crippen molar-refractivity contribution >= 4 is 23.2 Å². The Kier molecular flexibility index (Phi) is 3.17. The molecule has 1 N–H and O–H groups in total. The van der Waals surface area contributed by atoms with Gasteiger partial charge in [-0.3, -0.25) is 4.79 Å². The van der Waals surface area contributed by atoms with Crippen molar-refractivity contribution in [1.29, 1.82) is 0 Å². The first-order valence-electron chi connectivity index (χ1n) is 5.92. The first-order chi connectivity index (χ1) is 7.85. The zero-order chi connectivity index (χ0) is 12.6. The number of alkyl halides is 1. The highest BCUT2D eigenvalue weighted by atomic mass is 35.5. The van der Waals surface area contributed by atoms with Crippen LogP contribution >= 0.6 is 11.6 Å². The molecule has 2 nitrogen and oxygen atoms in total. The predicted octanol–water partition coefficient (Wildman–Crippen LogP) is 3.90. The van der Waals surface area contributed by atoms with Crippen molar-refractivity contribution in [1.82, 2.24) is 0 Å². The number of amides is 1. The van der Waals surface area contributed by atoms with Gasteiger partial charge in [0, 0.05) is 5.69 Å². The van der Waals surface area contributed by atoms with E-state index in [4.69, 9.17) is 11.6 Å². The minimum absolute atomic E-state index is 0.0102. The Morgan fingerprint density at radius 3 is 2.76 bits per heavy atom. The Morgan fingerprint density at radius 1 is 1.41 bits per heavy atom. The minimum Gasteiger partial charge on any atom is -0.326 e. The van der Waals surface area contributed by atoms with Crippen LogP contribution in [0, 0.1) is 5.41 Å². The van der Waals surface area contributed by atoms with Gasteiger partial charge in [-0.15, -0.1) is 11.6 Å². The molecule has 0 saturated heterocycles. The summed E-state index contributed by atoms with van der Waals surface area (Å²) in [4.78, 5) is 11.3. The summed E-state index contributed by atoms with van der Waals surface area (Å²) in [6.45, 7) is 6.54. The van der Waals surface area contributed by atoms with Crippen LogP contribution < -0.4 is 5.32 Å². The molecule has 92 valence electrons. The van der Waals surface area contributed by atoms with Gasteiger partial charge in [-0.05, 0) is 29.0 Å². The molecule has 1 aromatic carbocycles. The first kappa shape index (κ1) is 12.4. The van der Waals surface area contributed by atoms with Crippen LogP contribution in [0.1, 0.15) is 43.7 Å². The number of hydrogen-bond donors (Lipinski definition) is 1. The second-order valence-electron chi connectivity index (χ2n) is 5.87. The molecule has 0 spiro atoms. The third-order valence-electron chi connectivity index (χ3n) is 2.91. The number of benzene rings is 1. The lowest BCUT2D eigenvalue weighted by atomic mass is 9.88. The van der Waals surface area contributed by atoms with Gasteiger partial charge >= 0.3 is 0 Å². The van der Waals surface area contributed by atoms with Crippen molar-refractivity contribution < 1.29 is 4.79 Å². The summed E-state index contributed by atoms with van der Waals surface area (Å²) in [7, 11) is 0. The largest absolute Gasteiger partial charge is 0.326 e. The summed E-state index contributed by atoms with van der Waals surface area (Å²) in [5.74, 6) is 0.0686. The first-order valence-corrected chi connectivity index (χ1v) is 6.35. The zero-order valence-electron chi connectivity index (χ0n) is 10.5. The van der Waals surface area contributed by atoms with Crippen molar-refractivity contribution in [3.05, 3.63) is 29.3 Å². The molecular weight excluding hydrogens is 234 g/mol. The van der Waals surface area contributed by atoms with Crippen molar-refractivity contribution in [3.8, 4) is 0 Å². The van der Waals surface area contributed by atoms with Crippen LogP contribution in [0.4, 0.5) is 5.69 Å². The minimum atomic E-state index is 0.0102. The van der Waals surface area contributed by atoms with Gasteiger partial charge in [0.15, 0.2) is 0 Å². The average molecular weight is 252 g/mol. The van der Waals surface area contributed by atoms with Gasteiger partial charge in [0.1, 0.15) is 0 Å². The maximum Gasteiger partial charge on any atom is 0.228 e. The fourth-order valence-corrected chi connectivity index (χ4v) is 2.70. The summed E-state index contributed by atoms with van der Waals surface area (Å²) in [5, 5.41) is 2.84. The fourth-order valence-electron chi connectivity index (χ4n) is 2.10. The molecule has 1 aromatic rings. The van der Waals surface area contributed by atoms with E-state index in [0.717, 1.165) is 23.2 Å². The number of fused-ring (bicyclic) bond motifs is 1. The predicted molar refractivity (Wildman–Crippen MR) is 71.4 cm³/mol. The van der Waals surface area contributed by atoms with Crippen LogP contribution in [-0.2, 0) is 11.2 Å². The number of anilines is 1. The Labute approximate surface area is 107 Å². The second kappa shape index (κ2) is 4.34. The number of carbonyl (C=O) groups excluding carboxylic acids is 1. The van der Waals surface area contributed by atoms with E-state index < -0.39 is 0 Å². The summed E-state index contributed by atoms with van der Waals surface area (Å²) < 4.78 is 0. The Balaban J connectivity index is 2.18. The molecule has 0 fully saturated rings. The highest BCUT2D eigenvalue weighted by Gasteiger charge is 2.22. The van der Waals surface area contributed by atoms with Gasteiger partial charge in [0.2, 0.25) is 5.91 Å². The van der Waals surface area contributed by atoms with Crippen molar-refractivity contribution in [2.75, 3.05) is 5.32 Å². The normalized spacial score (nSPS) is 16.6. The highest BCUT2D eigenvalue weighted by molar-refractivity contribution is 6.20. The number of nitrogens with one attached hydrogen (secondary N) is 1. The number of hydrogen-bond acceptors (Lipinski definition) is 1. The fraction of sp³-hybridized carbons (Fsp3) is 0.500. The van der Waals surface area contributed by atoms with Crippen LogP contribution in [0.15, 0.2) is 18.2 Å². The highest BCUT2D eigenvalue weighted by Crippen LogP contribution is 2.36. The van der Waals surface area contributed by atoms with E-state index in [1.165, 1.54) is 0 Å². The molecule has 0 bridgehead atoms. The van der Waals surface area contributed by atoms with Crippen molar-refractivity contribution in [2.45, 2.75) is 39.0 Å². The molecule has 3 heteroatoms. The molecule has 1 heterocycles. The molecule has 0 saturated carbocycles. The van der Waals surface area contributed by atoms with E-state index in [-0.39, 0.29) is 16.7 Å². The molecule has 1 atom stereocenters. The third kappa shape index (κ3) is 3.01. The van der Waals surface area contributed by atoms with Crippen LogP contribution in [0.5, 0.6) is 0 Å². The van der Waals surface area contributed by atoms with Gasteiger partial charge in [-0.2, -0.15) is 0 Å².